The summed E-state index contributed by atoms with van der Waals surface area (Å²) in [7, 11) is 2.16. The number of nitrogens with one attached hydrogen (secondary N) is 1. The summed E-state index contributed by atoms with van der Waals surface area (Å²) in [5.74, 6) is -0.0460. The molecule has 1 aromatic heterocycles. The molecule has 1 amide bonds. The number of thiazole rings is 1. The zero-order valence-corrected chi connectivity index (χ0v) is 26.6. The van der Waals surface area contributed by atoms with E-state index in [1.54, 1.807) is 0 Å². The Morgan fingerprint density at radius 2 is 1.98 bits per heavy atom. The molecule has 2 saturated carbocycles. The van der Waals surface area contributed by atoms with Crippen molar-refractivity contribution < 1.29 is 14.3 Å². The van der Waals surface area contributed by atoms with Crippen LogP contribution in [0.25, 0.3) is 10.2 Å². The largest absolute Gasteiger partial charge is 0.369 e. The second-order valence-electron chi connectivity index (χ2n) is 14.2. The van der Waals surface area contributed by atoms with Crippen LogP contribution in [-0.4, -0.2) is 107 Å². The van der Waals surface area contributed by atoms with Crippen molar-refractivity contribution in [2.75, 3.05) is 33.2 Å². The molecule has 44 heavy (non-hydrogen) atoms. The minimum atomic E-state index is -0.206. The molecule has 3 saturated heterocycles. The van der Waals surface area contributed by atoms with E-state index in [0.29, 0.717) is 24.1 Å². The number of amides is 1. The number of hydrogen-bond donors (Lipinski definition) is 2. The Labute approximate surface area is 264 Å². The Morgan fingerprint density at radius 3 is 2.77 bits per heavy atom. The number of aromatic nitrogens is 1. The van der Waals surface area contributed by atoms with Gasteiger partial charge in [0.05, 0.1) is 45.1 Å². The molecule has 2 aliphatic carbocycles. The van der Waals surface area contributed by atoms with E-state index < -0.39 is 0 Å². The zero-order valence-electron chi connectivity index (χ0n) is 25.8. The van der Waals surface area contributed by atoms with Crippen LogP contribution in [0.5, 0.6) is 0 Å². The predicted molar refractivity (Wildman–Crippen MR) is 171 cm³/mol. The van der Waals surface area contributed by atoms with Gasteiger partial charge in [-0.15, -0.1) is 11.3 Å². The normalized spacial score (nSPS) is 37.6. The lowest BCUT2D eigenvalue weighted by Gasteiger charge is -2.60. The summed E-state index contributed by atoms with van der Waals surface area (Å²) >= 11 is 1.81. The first-order valence-electron chi connectivity index (χ1n) is 17.0. The fraction of sp³-hybridized carbons (Fsp3) is 0.676. The number of carbonyl (C=O) groups is 2. The molecule has 0 spiro atoms. The van der Waals surface area contributed by atoms with Crippen LogP contribution in [0.15, 0.2) is 36.0 Å². The van der Waals surface area contributed by atoms with Crippen molar-refractivity contribution in [3.05, 3.63) is 41.0 Å². The molecule has 2 aromatic rings. The highest BCUT2D eigenvalue weighted by atomic mass is 32.1. The second-order valence-corrected chi connectivity index (χ2v) is 15.3. The van der Waals surface area contributed by atoms with E-state index >= 15 is 0 Å². The lowest BCUT2D eigenvalue weighted by atomic mass is 9.69. The fourth-order valence-electron chi connectivity index (χ4n) is 9.35. The van der Waals surface area contributed by atoms with E-state index in [4.69, 9.17) is 15.5 Å². The van der Waals surface area contributed by atoms with E-state index in [-0.39, 0.29) is 54.0 Å². The quantitative estimate of drug-likeness (QED) is 0.476. The molecular weight excluding hydrogens is 572 g/mol. The average Bonchev–Trinajstić information content (AvgIpc) is 3.77. The van der Waals surface area contributed by atoms with Crippen LogP contribution in [0.4, 0.5) is 0 Å². The monoisotopic (exact) mass is 618 g/mol. The van der Waals surface area contributed by atoms with Crippen LogP contribution in [-0.2, 0) is 14.3 Å². The van der Waals surface area contributed by atoms with Gasteiger partial charge in [0.1, 0.15) is 0 Å². The van der Waals surface area contributed by atoms with Gasteiger partial charge in [0.25, 0.3) is 5.91 Å². The first kappa shape index (κ1) is 29.1. The Kier molecular flexibility index (Phi) is 7.77. The maximum Gasteiger partial charge on any atom is 0.256 e. The highest BCUT2D eigenvalue weighted by molar-refractivity contribution is 7.18. The average molecular weight is 619 g/mol. The Hall–Kier alpha value is -2.37. The number of ether oxygens (including phenoxy) is 1. The topological polar surface area (TPSA) is 104 Å². The predicted octanol–water partition coefficient (Wildman–Crippen LogP) is 3.25. The standard InChI is InChI=1S/C34H46N6O3S/c1-38-15-4-5-22(38)12-14-36-33(42)24-19-40-26-10-8-20(34-37-25-6-2-3-7-29(25)44-34)17-28(26)43-32-27(39-16-13-21(35)18-39)11-9-23(30(32)40)31(24)41/h2-3,6-7,19-23,26-28,30,32H,4-5,8-18,35H2,1H3,(H,36,42). The molecule has 8 rings (SSSR count). The zero-order chi connectivity index (χ0) is 29.9. The first-order chi connectivity index (χ1) is 21.4. The molecule has 9 unspecified atom stereocenters. The van der Waals surface area contributed by atoms with Gasteiger partial charge in [-0.3, -0.25) is 14.5 Å². The molecule has 236 valence electrons. The minimum Gasteiger partial charge on any atom is -0.369 e. The third-order valence-electron chi connectivity index (χ3n) is 11.7. The molecule has 0 radical (unpaired) electrons. The van der Waals surface area contributed by atoms with Gasteiger partial charge in [-0.2, -0.15) is 0 Å². The summed E-state index contributed by atoms with van der Waals surface area (Å²) in [6.07, 6.45) is 10.8. The number of likely N-dealkylation sites (tertiary alicyclic amines) is 2. The van der Waals surface area contributed by atoms with Gasteiger partial charge in [0.2, 0.25) is 0 Å². The molecule has 1 aromatic carbocycles. The third kappa shape index (κ3) is 5.11. The Morgan fingerprint density at radius 1 is 1.11 bits per heavy atom. The van der Waals surface area contributed by atoms with Crippen molar-refractivity contribution >= 4 is 33.2 Å². The van der Waals surface area contributed by atoms with Gasteiger partial charge in [-0.1, -0.05) is 12.1 Å². The summed E-state index contributed by atoms with van der Waals surface area (Å²) in [6.45, 7) is 3.60. The van der Waals surface area contributed by atoms with Gasteiger partial charge in [0.15, 0.2) is 5.78 Å². The number of carbonyl (C=O) groups excluding carboxylic acids is 2. The summed E-state index contributed by atoms with van der Waals surface area (Å²) in [4.78, 5) is 40.0. The lowest BCUT2D eigenvalue weighted by Crippen LogP contribution is -2.71. The molecule has 4 aliphatic heterocycles. The highest BCUT2D eigenvalue weighted by Crippen LogP contribution is 2.49. The Balaban J connectivity index is 1.06. The molecule has 9 atom stereocenters. The molecule has 0 bridgehead atoms. The number of hydrogen-bond acceptors (Lipinski definition) is 9. The number of fused-ring (bicyclic) bond motifs is 3. The summed E-state index contributed by atoms with van der Waals surface area (Å²) in [6, 6.07) is 9.49. The van der Waals surface area contributed by atoms with E-state index in [9.17, 15) is 9.59 Å². The molecule has 9 nitrogen and oxygen atoms in total. The summed E-state index contributed by atoms with van der Waals surface area (Å²) in [5, 5.41) is 4.33. The van der Waals surface area contributed by atoms with E-state index in [1.165, 1.54) is 22.5 Å². The van der Waals surface area contributed by atoms with Crippen molar-refractivity contribution in [1.82, 2.24) is 25.0 Å². The number of morpholine rings is 1. The molecule has 5 fully saturated rings. The van der Waals surface area contributed by atoms with Crippen molar-refractivity contribution in [2.24, 2.45) is 11.7 Å². The smallest absolute Gasteiger partial charge is 0.256 e. The molecular formula is C34H46N6O3S. The van der Waals surface area contributed by atoms with Crippen LogP contribution in [0.3, 0.4) is 0 Å². The maximum absolute atomic E-state index is 14.0. The summed E-state index contributed by atoms with van der Waals surface area (Å²) in [5.41, 5.74) is 7.79. The van der Waals surface area contributed by atoms with Gasteiger partial charge < -0.3 is 25.6 Å². The van der Waals surface area contributed by atoms with Gasteiger partial charge in [0, 0.05) is 55.8 Å². The van der Waals surface area contributed by atoms with Crippen molar-refractivity contribution in [1.29, 1.82) is 0 Å². The molecule has 6 aliphatic rings. The summed E-state index contributed by atoms with van der Waals surface area (Å²) < 4.78 is 8.40. The van der Waals surface area contributed by atoms with E-state index in [2.05, 4.69) is 51.3 Å². The number of benzene rings is 1. The van der Waals surface area contributed by atoms with Crippen molar-refractivity contribution in [3.63, 3.8) is 0 Å². The number of rotatable bonds is 6. The van der Waals surface area contributed by atoms with Crippen molar-refractivity contribution in [3.8, 4) is 0 Å². The number of nitrogens with two attached hydrogens (primary N) is 1. The van der Waals surface area contributed by atoms with Gasteiger partial charge >= 0.3 is 0 Å². The number of para-hydroxylation sites is 1. The van der Waals surface area contributed by atoms with Crippen LogP contribution in [0.1, 0.15) is 68.7 Å². The number of Topliss-reactive ketones (excluding diaryl/α,β-unsaturated/α-hetero) is 1. The third-order valence-corrected chi connectivity index (χ3v) is 12.9. The molecule has 3 N–H and O–H groups in total. The lowest BCUT2D eigenvalue weighted by molar-refractivity contribution is -0.200. The Bertz CT molecular complexity index is 1410. The van der Waals surface area contributed by atoms with Gasteiger partial charge in [-0.05, 0) is 83.5 Å². The number of ketones is 1. The van der Waals surface area contributed by atoms with Crippen LogP contribution in [0, 0.1) is 5.92 Å². The first-order valence-corrected chi connectivity index (χ1v) is 17.8. The van der Waals surface area contributed by atoms with Crippen LogP contribution >= 0.6 is 11.3 Å². The number of nitrogens with zero attached hydrogens (tertiary/aromatic N) is 4. The van der Waals surface area contributed by atoms with Crippen molar-refractivity contribution in [2.45, 2.75) is 106 Å². The van der Waals surface area contributed by atoms with E-state index in [0.717, 1.165) is 70.1 Å². The molecule has 10 heteroatoms. The SMILES string of the molecule is CN1CCCC1CCNC(=O)C1=CN2C3CCC(c4nc5ccccc5s4)CC3OC3C(N4CCC(N)C4)CCC(C1=O)C32. The fourth-order valence-corrected chi connectivity index (χ4v) is 10.5. The highest BCUT2D eigenvalue weighted by Gasteiger charge is 2.57. The van der Waals surface area contributed by atoms with E-state index in [1.807, 2.05) is 17.5 Å². The second kappa shape index (κ2) is 11.8. The van der Waals surface area contributed by atoms with Crippen LogP contribution < -0.4 is 11.1 Å². The van der Waals surface area contributed by atoms with Gasteiger partial charge in [-0.25, -0.2) is 4.98 Å². The molecule has 5 heterocycles. The maximum atomic E-state index is 14.0. The minimum absolute atomic E-state index is 0.00789. The van der Waals surface area contributed by atoms with Crippen LogP contribution in [0.2, 0.25) is 0 Å².